The topological polar surface area (TPSA) is 78.9 Å². The second-order valence-corrected chi connectivity index (χ2v) is 18.8. The van der Waals surface area contributed by atoms with E-state index in [9.17, 15) is 14.4 Å². The van der Waals surface area contributed by atoms with Crippen molar-refractivity contribution in [1.82, 2.24) is 0 Å². The molecule has 0 rings (SSSR count). The maximum absolute atomic E-state index is 12.8. The molecule has 1 unspecified atom stereocenters. The van der Waals surface area contributed by atoms with Crippen LogP contribution in [0.5, 0.6) is 0 Å². The van der Waals surface area contributed by atoms with Gasteiger partial charge >= 0.3 is 17.9 Å². The predicted octanol–water partition coefficient (Wildman–Crippen LogP) is 18.8. The standard InChI is InChI=1S/C60H106O6/c1-4-7-10-13-16-19-22-25-27-28-29-30-31-32-33-36-38-41-44-47-50-53-59(62)65-56-57(55-64-58(61)52-49-46-43-40-37-34-24-21-18-15-12-9-6-3)66-60(63)54-51-48-45-42-39-35-26-23-20-17-14-11-8-5-2/h9,12,14,17-18,21,23,26,34,37,57H,4-8,10-11,13,15-16,19-20,22,24-25,27-33,35-36,38-56H2,1-3H3/b12-9-,17-14-,21-18-,26-23-,37-34-. The number of hydrogen-bond donors (Lipinski definition) is 0. The molecule has 0 aromatic heterocycles. The fourth-order valence-electron chi connectivity index (χ4n) is 8.00. The zero-order valence-corrected chi connectivity index (χ0v) is 43.7. The highest BCUT2D eigenvalue weighted by Crippen LogP contribution is 2.16. The fraction of sp³-hybridized carbons (Fsp3) is 0.783. The zero-order valence-electron chi connectivity index (χ0n) is 43.7. The van der Waals surface area contributed by atoms with Crippen LogP contribution < -0.4 is 0 Å². The number of carbonyl (C=O) groups is 3. The summed E-state index contributed by atoms with van der Waals surface area (Å²) in [5, 5.41) is 0. The van der Waals surface area contributed by atoms with Gasteiger partial charge in [-0.25, -0.2) is 0 Å². The predicted molar refractivity (Wildman–Crippen MR) is 284 cm³/mol. The molecule has 0 amide bonds. The summed E-state index contributed by atoms with van der Waals surface area (Å²) in [5.41, 5.74) is 0. The van der Waals surface area contributed by atoms with Crippen molar-refractivity contribution >= 4 is 17.9 Å². The Morgan fingerprint density at radius 3 is 0.985 bits per heavy atom. The molecule has 0 aliphatic carbocycles. The monoisotopic (exact) mass is 923 g/mol. The average Bonchev–Trinajstić information content (AvgIpc) is 3.31. The highest BCUT2D eigenvalue weighted by molar-refractivity contribution is 5.71. The minimum Gasteiger partial charge on any atom is -0.462 e. The van der Waals surface area contributed by atoms with Crippen LogP contribution in [0.25, 0.3) is 0 Å². The molecular weight excluding hydrogens is 817 g/mol. The van der Waals surface area contributed by atoms with Crippen molar-refractivity contribution in [1.29, 1.82) is 0 Å². The van der Waals surface area contributed by atoms with Gasteiger partial charge in [-0.15, -0.1) is 0 Å². The molecule has 66 heavy (non-hydrogen) atoms. The van der Waals surface area contributed by atoms with Gasteiger partial charge in [-0.3, -0.25) is 14.4 Å². The van der Waals surface area contributed by atoms with Gasteiger partial charge in [0.05, 0.1) is 0 Å². The molecule has 0 aromatic carbocycles. The molecule has 0 heterocycles. The lowest BCUT2D eigenvalue weighted by Crippen LogP contribution is -2.30. The molecule has 0 saturated carbocycles. The average molecular weight is 924 g/mol. The Kier molecular flexibility index (Phi) is 52.3. The molecule has 0 saturated heterocycles. The van der Waals surface area contributed by atoms with Gasteiger partial charge in [0.1, 0.15) is 13.2 Å². The molecule has 0 spiro atoms. The molecule has 0 fully saturated rings. The van der Waals surface area contributed by atoms with Gasteiger partial charge in [0.25, 0.3) is 0 Å². The Balaban J connectivity index is 4.33. The molecule has 0 aliphatic heterocycles. The molecule has 0 aromatic rings. The number of carbonyl (C=O) groups excluding carboxylic acids is 3. The summed E-state index contributed by atoms with van der Waals surface area (Å²) in [6.45, 7) is 6.47. The Hall–Kier alpha value is -2.89. The minimum absolute atomic E-state index is 0.0872. The molecule has 0 aliphatic rings. The van der Waals surface area contributed by atoms with E-state index in [2.05, 4.69) is 81.5 Å². The van der Waals surface area contributed by atoms with Crippen LogP contribution in [0, 0.1) is 0 Å². The first kappa shape index (κ1) is 63.1. The van der Waals surface area contributed by atoms with Crippen molar-refractivity contribution < 1.29 is 28.6 Å². The lowest BCUT2D eigenvalue weighted by molar-refractivity contribution is -0.167. The molecule has 6 nitrogen and oxygen atoms in total. The lowest BCUT2D eigenvalue weighted by Gasteiger charge is -2.18. The summed E-state index contributed by atoms with van der Waals surface area (Å²) in [6, 6.07) is 0. The summed E-state index contributed by atoms with van der Waals surface area (Å²) in [7, 11) is 0. The Morgan fingerprint density at radius 1 is 0.318 bits per heavy atom. The van der Waals surface area contributed by atoms with Crippen molar-refractivity contribution in [2.75, 3.05) is 13.2 Å². The third-order valence-electron chi connectivity index (χ3n) is 12.3. The molecular formula is C60H106O6. The van der Waals surface area contributed by atoms with Crippen LogP contribution in [0.1, 0.15) is 284 Å². The van der Waals surface area contributed by atoms with Crippen molar-refractivity contribution in [3.63, 3.8) is 0 Å². The third-order valence-corrected chi connectivity index (χ3v) is 12.3. The van der Waals surface area contributed by atoms with Crippen LogP contribution in [0.15, 0.2) is 60.8 Å². The van der Waals surface area contributed by atoms with Crippen LogP contribution in [-0.2, 0) is 28.6 Å². The normalized spacial score (nSPS) is 12.5. The fourth-order valence-corrected chi connectivity index (χ4v) is 8.00. The van der Waals surface area contributed by atoms with Gasteiger partial charge in [0.2, 0.25) is 0 Å². The van der Waals surface area contributed by atoms with Crippen molar-refractivity contribution in [3.8, 4) is 0 Å². The molecule has 382 valence electrons. The Bertz CT molecular complexity index is 1200. The highest BCUT2D eigenvalue weighted by atomic mass is 16.6. The maximum Gasteiger partial charge on any atom is 0.306 e. The first-order valence-corrected chi connectivity index (χ1v) is 28.3. The van der Waals surface area contributed by atoms with E-state index in [4.69, 9.17) is 14.2 Å². The van der Waals surface area contributed by atoms with E-state index < -0.39 is 6.10 Å². The van der Waals surface area contributed by atoms with Gasteiger partial charge in [0, 0.05) is 19.3 Å². The molecule has 1 atom stereocenters. The van der Waals surface area contributed by atoms with Crippen LogP contribution >= 0.6 is 0 Å². The van der Waals surface area contributed by atoms with Gasteiger partial charge in [-0.05, 0) is 77.0 Å². The van der Waals surface area contributed by atoms with Gasteiger partial charge < -0.3 is 14.2 Å². The third kappa shape index (κ3) is 52.1. The minimum atomic E-state index is -0.791. The van der Waals surface area contributed by atoms with Gasteiger partial charge in [-0.2, -0.15) is 0 Å². The largest absolute Gasteiger partial charge is 0.462 e. The SMILES string of the molecule is CC/C=C\C/C=C\C/C=C\CCCCCC(=O)OCC(COC(=O)CCCCCCCCCCCCCCCCCCCCCCC)OC(=O)CCCCCCC/C=C\C/C=C\CCCC. The quantitative estimate of drug-likeness (QED) is 0.0262. The smallest absolute Gasteiger partial charge is 0.306 e. The second kappa shape index (κ2) is 54.7. The summed E-state index contributed by atoms with van der Waals surface area (Å²) in [6.07, 6.45) is 67.9. The van der Waals surface area contributed by atoms with E-state index in [1.54, 1.807) is 0 Å². The number of unbranched alkanes of at least 4 members (excludes halogenated alkanes) is 30. The van der Waals surface area contributed by atoms with Crippen molar-refractivity contribution in [2.45, 2.75) is 290 Å². The number of ether oxygens (including phenoxy) is 3. The van der Waals surface area contributed by atoms with E-state index in [0.717, 1.165) is 109 Å². The molecule has 0 N–H and O–H groups in total. The molecule has 0 bridgehead atoms. The zero-order chi connectivity index (χ0) is 47.9. The van der Waals surface area contributed by atoms with E-state index >= 15 is 0 Å². The van der Waals surface area contributed by atoms with Gasteiger partial charge in [0.15, 0.2) is 6.10 Å². The van der Waals surface area contributed by atoms with E-state index in [1.807, 2.05) is 0 Å². The van der Waals surface area contributed by atoms with Crippen molar-refractivity contribution in [3.05, 3.63) is 60.8 Å². The Labute approximate surface area is 409 Å². The van der Waals surface area contributed by atoms with Gasteiger partial charge in [-0.1, -0.05) is 248 Å². The summed E-state index contributed by atoms with van der Waals surface area (Å²) < 4.78 is 16.8. The molecule has 6 heteroatoms. The summed E-state index contributed by atoms with van der Waals surface area (Å²) in [5.74, 6) is -0.922. The van der Waals surface area contributed by atoms with Crippen LogP contribution in [0.4, 0.5) is 0 Å². The Morgan fingerprint density at radius 2 is 0.606 bits per heavy atom. The lowest BCUT2D eigenvalue weighted by atomic mass is 10.0. The van der Waals surface area contributed by atoms with E-state index in [1.165, 1.54) is 135 Å². The number of allylic oxidation sites excluding steroid dienone is 10. The van der Waals surface area contributed by atoms with Crippen LogP contribution in [0.3, 0.4) is 0 Å². The number of rotatable bonds is 51. The maximum atomic E-state index is 12.8. The second-order valence-electron chi connectivity index (χ2n) is 18.8. The summed E-state index contributed by atoms with van der Waals surface area (Å²) >= 11 is 0. The van der Waals surface area contributed by atoms with E-state index in [0.29, 0.717) is 19.3 Å². The van der Waals surface area contributed by atoms with E-state index in [-0.39, 0.29) is 31.1 Å². The highest BCUT2D eigenvalue weighted by Gasteiger charge is 2.19. The van der Waals surface area contributed by atoms with Crippen LogP contribution in [0.2, 0.25) is 0 Å². The first-order chi connectivity index (χ1) is 32.5. The number of esters is 3. The molecule has 0 radical (unpaired) electrons. The summed E-state index contributed by atoms with van der Waals surface area (Å²) in [4.78, 5) is 38.1. The number of hydrogen-bond acceptors (Lipinski definition) is 6. The first-order valence-electron chi connectivity index (χ1n) is 28.3. The van der Waals surface area contributed by atoms with Crippen LogP contribution in [-0.4, -0.2) is 37.2 Å². The van der Waals surface area contributed by atoms with Crippen molar-refractivity contribution in [2.24, 2.45) is 0 Å².